The van der Waals surface area contributed by atoms with E-state index in [1.807, 2.05) is 6.07 Å². The lowest BCUT2D eigenvalue weighted by atomic mass is 10.1. The maximum Gasteiger partial charge on any atom is 0.261 e. The molecule has 0 fully saturated rings. The number of carbonyl (C=O) groups is 1. The highest BCUT2D eigenvalue weighted by atomic mass is 16.3. The Bertz CT molecular complexity index is 914. The average molecular weight is 294 g/mol. The summed E-state index contributed by atoms with van der Waals surface area (Å²) in [5.74, 6) is -0.812. The lowest BCUT2D eigenvalue weighted by Gasteiger charge is -2.12. The second kappa shape index (κ2) is 5.37. The molecule has 1 aromatic heterocycles. The van der Waals surface area contributed by atoms with E-state index < -0.39 is 5.91 Å². The van der Waals surface area contributed by atoms with Crippen LogP contribution in [0, 0.1) is 0 Å². The van der Waals surface area contributed by atoms with Crippen LogP contribution in [0.25, 0.3) is 10.8 Å². The Kier molecular flexibility index (Phi) is 3.39. The Balaban J connectivity index is 2.18. The minimum Gasteiger partial charge on any atom is -0.494 e. The standard InChI is InChI=1S/C17H14N2O3/c1-19-16(21)13-10-6-5-9-12(13)14(17(19)22)15(20)18-11-7-3-2-4-8-11/h2-10,22H,1H3,(H,18,20). The van der Waals surface area contributed by atoms with E-state index in [1.54, 1.807) is 48.5 Å². The van der Waals surface area contributed by atoms with Crippen molar-refractivity contribution in [3.8, 4) is 5.88 Å². The molecule has 5 nitrogen and oxygen atoms in total. The van der Waals surface area contributed by atoms with Crippen LogP contribution < -0.4 is 10.9 Å². The van der Waals surface area contributed by atoms with E-state index in [2.05, 4.69) is 5.32 Å². The zero-order valence-electron chi connectivity index (χ0n) is 11.9. The first-order valence-electron chi connectivity index (χ1n) is 6.76. The van der Waals surface area contributed by atoms with Crippen molar-refractivity contribution >= 4 is 22.4 Å². The van der Waals surface area contributed by atoms with Crippen molar-refractivity contribution in [3.63, 3.8) is 0 Å². The van der Waals surface area contributed by atoms with E-state index in [4.69, 9.17) is 0 Å². The van der Waals surface area contributed by atoms with Crippen LogP contribution in [0.2, 0.25) is 0 Å². The molecule has 2 aromatic carbocycles. The number of aromatic nitrogens is 1. The normalized spacial score (nSPS) is 10.6. The summed E-state index contributed by atoms with van der Waals surface area (Å²) < 4.78 is 1.07. The van der Waals surface area contributed by atoms with E-state index in [9.17, 15) is 14.7 Å². The molecule has 0 aliphatic heterocycles. The number of hydrogen-bond acceptors (Lipinski definition) is 3. The molecular formula is C17H14N2O3. The van der Waals surface area contributed by atoms with Crippen LogP contribution in [0.4, 0.5) is 5.69 Å². The van der Waals surface area contributed by atoms with Gasteiger partial charge in [-0.05, 0) is 18.2 Å². The third-order valence-corrected chi connectivity index (χ3v) is 3.53. The van der Waals surface area contributed by atoms with Gasteiger partial charge in [-0.25, -0.2) is 0 Å². The molecule has 0 spiro atoms. The molecule has 0 unspecified atom stereocenters. The first-order chi connectivity index (χ1) is 10.6. The number of rotatable bonds is 2. The van der Waals surface area contributed by atoms with Crippen molar-refractivity contribution < 1.29 is 9.90 Å². The third-order valence-electron chi connectivity index (χ3n) is 3.53. The minimum atomic E-state index is -0.462. The van der Waals surface area contributed by atoms with E-state index in [0.29, 0.717) is 16.5 Å². The van der Waals surface area contributed by atoms with Gasteiger partial charge in [-0.3, -0.25) is 14.2 Å². The predicted molar refractivity (Wildman–Crippen MR) is 85.2 cm³/mol. The largest absolute Gasteiger partial charge is 0.494 e. The number of aromatic hydroxyl groups is 1. The quantitative estimate of drug-likeness (QED) is 0.763. The summed E-state index contributed by atoms with van der Waals surface area (Å²) in [4.78, 5) is 24.7. The van der Waals surface area contributed by atoms with Crippen LogP contribution in [0.15, 0.2) is 59.4 Å². The average Bonchev–Trinajstić information content (AvgIpc) is 2.54. The van der Waals surface area contributed by atoms with Gasteiger partial charge in [0.1, 0.15) is 5.56 Å². The van der Waals surface area contributed by atoms with E-state index in [-0.39, 0.29) is 17.0 Å². The maximum absolute atomic E-state index is 12.5. The number of amides is 1. The number of benzene rings is 2. The van der Waals surface area contributed by atoms with E-state index in [0.717, 1.165) is 4.57 Å². The van der Waals surface area contributed by atoms with Gasteiger partial charge in [0.2, 0.25) is 5.88 Å². The number of nitrogens with one attached hydrogen (secondary N) is 1. The Morgan fingerprint density at radius 1 is 1.00 bits per heavy atom. The van der Waals surface area contributed by atoms with Crippen LogP contribution in [0.1, 0.15) is 10.4 Å². The van der Waals surface area contributed by atoms with Crippen LogP contribution in [0.5, 0.6) is 5.88 Å². The molecule has 0 saturated heterocycles. The predicted octanol–water partition coefficient (Wildman–Crippen LogP) is 2.50. The molecule has 1 amide bonds. The molecule has 3 rings (SSSR count). The highest BCUT2D eigenvalue weighted by molar-refractivity contribution is 6.14. The number of fused-ring (bicyclic) bond motifs is 1. The summed E-state index contributed by atoms with van der Waals surface area (Å²) in [6.45, 7) is 0. The van der Waals surface area contributed by atoms with Crippen LogP contribution in [-0.4, -0.2) is 15.6 Å². The lowest BCUT2D eigenvalue weighted by Crippen LogP contribution is -2.22. The molecule has 0 radical (unpaired) electrons. The summed E-state index contributed by atoms with van der Waals surface area (Å²) in [5.41, 5.74) is 0.357. The van der Waals surface area contributed by atoms with Gasteiger partial charge in [-0.2, -0.15) is 0 Å². The van der Waals surface area contributed by atoms with E-state index >= 15 is 0 Å². The Morgan fingerprint density at radius 2 is 1.59 bits per heavy atom. The van der Waals surface area contributed by atoms with Crippen molar-refractivity contribution in [1.29, 1.82) is 0 Å². The molecule has 0 atom stereocenters. The fourth-order valence-electron chi connectivity index (χ4n) is 2.39. The molecule has 5 heteroatoms. The molecule has 3 aromatic rings. The topological polar surface area (TPSA) is 71.3 Å². The van der Waals surface area contributed by atoms with Crippen molar-refractivity contribution in [2.45, 2.75) is 0 Å². The van der Waals surface area contributed by atoms with Crippen LogP contribution >= 0.6 is 0 Å². The minimum absolute atomic E-state index is 0.0848. The Labute approximate surface area is 126 Å². The Morgan fingerprint density at radius 3 is 2.27 bits per heavy atom. The summed E-state index contributed by atoms with van der Waals surface area (Å²) in [7, 11) is 1.43. The molecule has 2 N–H and O–H groups in total. The van der Waals surface area contributed by atoms with Gasteiger partial charge in [-0.15, -0.1) is 0 Å². The van der Waals surface area contributed by atoms with Gasteiger partial charge in [0.15, 0.2) is 0 Å². The highest BCUT2D eigenvalue weighted by Crippen LogP contribution is 2.25. The monoisotopic (exact) mass is 294 g/mol. The lowest BCUT2D eigenvalue weighted by molar-refractivity contribution is 0.102. The van der Waals surface area contributed by atoms with Crippen LogP contribution in [-0.2, 0) is 7.05 Å². The SMILES string of the molecule is Cn1c(O)c(C(=O)Nc2ccccc2)c2ccccc2c1=O. The smallest absolute Gasteiger partial charge is 0.261 e. The van der Waals surface area contributed by atoms with Crippen molar-refractivity contribution in [3.05, 3.63) is 70.5 Å². The molecule has 1 heterocycles. The summed E-state index contributed by atoms with van der Waals surface area (Å²) in [5, 5.41) is 13.8. The number of anilines is 1. The van der Waals surface area contributed by atoms with Gasteiger partial charge < -0.3 is 10.4 Å². The fraction of sp³-hybridized carbons (Fsp3) is 0.0588. The molecule has 0 aliphatic rings. The number of nitrogens with zero attached hydrogens (tertiary/aromatic N) is 1. The third kappa shape index (κ3) is 2.22. The summed E-state index contributed by atoms with van der Waals surface area (Å²) >= 11 is 0. The van der Waals surface area contributed by atoms with Crippen molar-refractivity contribution in [1.82, 2.24) is 4.57 Å². The number of hydrogen-bond donors (Lipinski definition) is 2. The van der Waals surface area contributed by atoms with Crippen LogP contribution in [0.3, 0.4) is 0 Å². The first-order valence-corrected chi connectivity index (χ1v) is 6.76. The molecule has 22 heavy (non-hydrogen) atoms. The van der Waals surface area contributed by atoms with Gasteiger partial charge in [0.05, 0.1) is 0 Å². The fourth-order valence-corrected chi connectivity index (χ4v) is 2.39. The molecule has 0 bridgehead atoms. The van der Waals surface area contributed by atoms with Crippen molar-refractivity contribution in [2.24, 2.45) is 7.05 Å². The number of pyridine rings is 1. The van der Waals surface area contributed by atoms with Crippen molar-refractivity contribution in [2.75, 3.05) is 5.32 Å². The maximum atomic E-state index is 12.5. The molecule has 0 saturated carbocycles. The van der Waals surface area contributed by atoms with Gasteiger partial charge in [0.25, 0.3) is 11.5 Å². The van der Waals surface area contributed by atoms with Gasteiger partial charge >= 0.3 is 0 Å². The second-order valence-corrected chi connectivity index (χ2v) is 4.93. The zero-order chi connectivity index (χ0) is 15.7. The number of carbonyl (C=O) groups excluding carboxylic acids is 1. The first kappa shape index (κ1) is 13.9. The molecule has 0 aliphatic carbocycles. The zero-order valence-corrected chi connectivity index (χ0v) is 11.9. The summed E-state index contributed by atoms with van der Waals surface area (Å²) in [6, 6.07) is 15.7. The second-order valence-electron chi connectivity index (χ2n) is 4.93. The molecular weight excluding hydrogens is 280 g/mol. The number of para-hydroxylation sites is 1. The summed E-state index contributed by atoms with van der Waals surface area (Å²) in [6.07, 6.45) is 0. The molecule has 110 valence electrons. The van der Waals surface area contributed by atoms with Gasteiger partial charge in [0, 0.05) is 23.5 Å². The van der Waals surface area contributed by atoms with E-state index in [1.165, 1.54) is 7.05 Å². The van der Waals surface area contributed by atoms with Gasteiger partial charge in [-0.1, -0.05) is 36.4 Å². The Hall–Kier alpha value is -3.08. The highest BCUT2D eigenvalue weighted by Gasteiger charge is 2.20.